The highest BCUT2D eigenvalue weighted by Crippen LogP contribution is 2.37. The van der Waals surface area contributed by atoms with E-state index in [2.05, 4.69) is 33.0 Å². The third kappa shape index (κ3) is 3.86. The van der Waals surface area contributed by atoms with Gasteiger partial charge < -0.3 is 14.8 Å². The van der Waals surface area contributed by atoms with E-state index in [4.69, 9.17) is 5.14 Å². The number of aliphatic hydroxyl groups is 2. The van der Waals surface area contributed by atoms with E-state index in [1.807, 2.05) is 0 Å². The van der Waals surface area contributed by atoms with Crippen molar-refractivity contribution < 1.29 is 22.8 Å². The molecule has 11 heteroatoms. The van der Waals surface area contributed by atoms with E-state index in [9.17, 15) is 18.6 Å². The fourth-order valence-corrected chi connectivity index (χ4v) is 3.77. The Bertz CT molecular complexity index is 884. The van der Waals surface area contributed by atoms with Crippen molar-refractivity contribution in [3.8, 4) is 0 Å². The number of imidazole rings is 1. The van der Waals surface area contributed by atoms with Crippen LogP contribution in [0, 0.1) is 11.8 Å². The number of rotatable bonds is 6. The Hall–Kier alpha value is -1.66. The number of aromatic nitrogens is 4. The first-order chi connectivity index (χ1) is 12.2. The molecule has 2 aromatic heterocycles. The van der Waals surface area contributed by atoms with Crippen LogP contribution in [0.15, 0.2) is 12.7 Å². The first kappa shape index (κ1) is 19.1. The van der Waals surface area contributed by atoms with Crippen molar-refractivity contribution in [2.45, 2.75) is 44.9 Å². The molecule has 2 heterocycles. The lowest BCUT2D eigenvalue weighted by Gasteiger charge is -2.18. The molecule has 0 amide bonds. The summed E-state index contributed by atoms with van der Waals surface area (Å²) in [5.41, 5.74) is 2.05. The van der Waals surface area contributed by atoms with Crippen LogP contribution in [0.1, 0.15) is 32.0 Å². The van der Waals surface area contributed by atoms with Gasteiger partial charge in [-0.05, 0) is 18.8 Å². The van der Waals surface area contributed by atoms with Gasteiger partial charge in [0.15, 0.2) is 5.65 Å². The van der Waals surface area contributed by atoms with E-state index in [1.54, 1.807) is 10.9 Å². The highest BCUT2D eigenvalue weighted by Gasteiger charge is 2.43. The average molecular weight is 385 g/mol. The molecule has 1 aliphatic carbocycles. The number of aliphatic hydroxyl groups excluding tert-OH is 2. The summed E-state index contributed by atoms with van der Waals surface area (Å²) in [6, 6.07) is -0.508. The monoisotopic (exact) mass is 385 g/mol. The van der Waals surface area contributed by atoms with Crippen molar-refractivity contribution in [2.75, 3.05) is 6.61 Å². The minimum absolute atomic E-state index is 0.298. The van der Waals surface area contributed by atoms with Gasteiger partial charge in [0.1, 0.15) is 17.9 Å². The molecule has 2 aromatic rings. The maximum atomic E-state index is 11.0. The van der Waals surface area contributed by atoms with Crippen LogP contribution in [0.25, 0.3) is 11.2 Å². The van der Waals surface area contributed by atoms with Crippen LogP contribution in [0.3, 0.4) is 0 Å². The van der Waals surface area contributed by atoms with Crippen molar-refractivity contribution in [3.05, 3.63) is 18.3 Å². The number of nitrogens with zero attached hydrogens (tertiary/aromatic N) is 4. The summed E-state index contributed by atoms with van der Waals surface area (Å²) in [7, 11) is -4.11. The third-order valence-corrected chi connectivity index (χ3v) is 5.08. The van der Waals surface area contributed by atoms with E-state index in [0.717, 1.165) is 12.1 Å². The van der Waals surface area contributed by atoms with E-state index in [0.29, 0.717) is 23.5 Å². The molecular weight excluding hydrogens is 362 g/mol. The molecule has 0 radical (unpaired) electrons. The summed E-state index contributed by atoms with van der Waals surface area (Å²) >= 11 is 0. The van der Waals surface area contributed by atoms with Gasteiger partial charge in [-0.2, -0.15) is 8.42 Å². The zero-order valence-electron chi connectivity index (χ0n) is 14.6. The fraction of sp³-hybridized carbons (Fsp3) is 0.667. The first-order valence-corrected chi connectivity index (χ1v) is 9.84. The van der Waals surface area contributed by atoms with Gasteiger partial charge in [0.2, 0.25) is 0 Å². The van der Waals surface area contributed by atoms with Crippen LogP contribution in [-0.4, -0.2) is 57.0 Å². The normalized spacial score (nSPS) is 26.8. The Morgan fingerprint density at radius 3 is 2.69 bits per heavy atom. The van der Waals surface area contributed by atoms with E-state index < -0.39 is 34.5 Å². The molecule has 144 valence electrons. The number of hydrogen-bond donors (Lipinski definition) is 3. The predicted molar refractivity (Wildman–Crippen MR) is 92.1 cm³/mol. The third-order valence-electron chi connectivity index (χ3n) is 4.61. The average Bonchev–Trinajstić information content (AvgIpc) is 3.08. The summed E-state index contributed by atoms with van der Waals surface area (Å²) in [6.45, 7) is 3.87. The molecule has 4 N–H and O–H groups in total. The second-order valence-electron chi connectivity index (χ2n) is 7.06. The summed E-state index contributed by atoms with van der Waals surface area (Å²) < 4.78 is 28.2. The SMILES string of the molecule is CC(C)Cc1ncnc2c1ncn2[C@@H]1C[C@H](COS(N)(=O)=O)[C@@H](O)[C@H]1O. The maximum Gasteiger partial charge on any atom is 0.333 e. The number of fused-ring (bicyclic) bond motifs is 1. The molecule has 1 saturated carbocycles. The van der Waals surface area contributed by atoms with Gasteiger partial charge in [0.05, 0.1) is 30.8 Å². The van der Waals surface area contributed by atoms with Crippen molar-refractivity contribution in [1.29, 1.82) is 0 Å². The van der Waals surface area contributed by atoms with Gasteiger partial charge >= 0.3 is 10.3 Å². The molecule has 10 nitrogen and oxygen atoms in total. The van der Waals surface area contributed by atoms with Gasteiger partial charge in [-0.1, -0.05) is 13.8 Å². The van der Waals surface area contributed by atoms with Crippen LogP contribution in [0.5, 0.6) is 0 Å². The first-order valence-electron chi connectivity index (χ1n) is 8.37. The summed E-state index contributed by atoms with van der Waals surface area (Å²) in [4.78, 5) is 13.0. The van der Waals surface area contributed by atoms with E-state index >= 15 is 0 Å². The zero-order chi connectivity index (χ0) is 19.1. The molecule has 0 bridgehead atoms. The lowest BCUT2D eigenvalue weighted by Crippen LogP contribution is -2.31. The topological polar surface area (TPSA) is 153 Å². The molecule has 3 rings (SSSR count). The number of hydrogen-bond acceptors (Lipinski definition) is 8. The Morgan fingerprint density at radius 2 is 2.04 bits per heavy atom. The van der Waals surface area contributed by atoms with Crippen LogP contribution >= 0.6 is 0 Å². The fourth-order valence-electron chi connectivity index (χ4n) is 3.40. The van der Waals surface area contributed by atoms with Crippen molar-refractivity contribution in [1.82, 2.24) is 19.5 Å². The molecule has 0 aliphatic heterocycles. The van der Waals surface area contributed by atoms with Gasteiger partial charge in [-0.15, -0.1) is 0 Å². The summed E-state index contributed by atoms with van der Waals surface area (Å²) in [5.74, 6) is -0.181. The van der Waals surface area contributed by atoms with Crippen LogP contribution in [-0.2, 0) is 20.9 Å². The lowest BCUT2D eigenvalue weighted by atomic mass is 10.1. The molecule has 4 atom stereocenters. The molecule has 26 heavy (non-hydrogen) atoms. The Morgan fingerprint density at radius 1 is 1.31 bits per heavy atom. The summed E-state index contributed by atoms with van der Waals surface area (Å²) in [6.07, 6.45) is 1.81. The number of nitrogens with two attached hydrogens (primary N) is 1. The van der Waals surface area contributed by atoms with Gasteiger partial charge in [0.25, 0.3) is 0 Å². The minimum Gasteiger partial charge on any atom is -0.390 e. The van der Waals surface area contributed by atoms with Gasteiger partial charge in [-0.3, -0.25) is 4.18 Å². The molecule has 0 unspecified atom stereocenters. The van der Waals surface area contributed by atoms with Crippen LogP contribution in [0.2, 0.25) is 0 Å². The molecule has 0 saturated heterocycles. The minimum atomic E-state index is -4.11. The maximum absolute atomic E-state index is 11.0. The van der Waals surface area contributed by atoms with Crippen molar-refractivity contribution >= 4 is 21.5 Å². The lowest BCUT2D eigenvalue weighted by molar-refractivity contribution is -0.000990. The Balaban J connectivity index is 1.87. The molecule has 1 aliphatic rings. The van der Waals surface area contributed by atoms with E-state index in [-0.39, 0.29) is 6.61 Å². The smallest absolute Gasteiger partial charge is 0.333 e. The van der Waals surface area contributed by atoms with Crippen LogP contribution in [0.4, 0.5) is 0 Å². The second-order valence-corrected chi connectivity index (χ2v) is 8.29. The zero-order valence-corrected chi connectivity index (χ0v) is 15.4. The molecular formula is C15H23N5O5S. The standard InChI is InChI=1S/C15H23N5O5S/c1-8(2)3-10-12-15(18-6-17-10)20(7-19-12)11-4-9(13(21)14(11)22)5-25-26(16,23)24/h6-9,11,13-14,21-22H,3-5H2,1-2H3,(H2,16,23,24)/t9-,11-,13-,14+/m1/s1. The quantitative estimate of drug-likeness (QED) is 0.603. The molecule has 1 fully saturated rings. The largest absolute Gasteiger partial charge is 0.390 e. The highest BCUT2D eigenvalue weighted by molar-refractivity contribution is 7.84. The Labute approximate surface area is 151 Å². The van der Waals surface area contributed by atoms with Crippen LogP contribution < -0.4 is 5.14 Å². The second kappa shape index (κ2) is 7.16. The summed E-state index contributed by atoms with van der Waals surface area (Å²) in [5, 5.41) is 25.5. The molecule has 0 spiro atoms. The van der Waals surface area contributed by atoms with Crippen molar-refractivity contribution in [2.24, 2.45) is 17.0 Å². The molecule has 0 aromatic carbocycles. The van der Waals surface area contributed by atoms with Gasteiger partial charge in [-0.25, -0.2) is 20.1 Å². The predicted octanol–water partition coefficient (Wildman–Crippen LogP) is -0.472. The van der Waals surface area contributed by atoms with E-state index in [1.165, 1.54) is 6.33 Å². The Kier molecular flexibility index (Phi) is 5.26. The van der Waals surface area contributed by atoms with Gasteiger partial charge in [0, 0.05) is 5.92 Å². The highest BCUT2D eigenvalue weighted by atomic mass is 32.2. The van der Waals surface area contributed by atoms with Crippen molar-refractivity contribution in [3.63, 3.8) is 0 Å².